The summed E-state index contributed by atoms with van der Waals surface area (Å²) in [5.74, 6) is 0.458. The Morgan fingerprint density at radius 3 is 2.62 bits per heavy atom. The van der Waals surface area contributed by atoms with Crippen LogP contribution in [0.25, 0.3) is 0 Å². The Balaban J connectivity index is 3.21. The molecule has 0 aliphatic heterocycles. The largest absolute Gasteiger partial charge is 0.496 e. The fourth-order valence-corrected chi connectivity index (χ4v) is 1.50. The highest BCUT2D eigenvalue weighted by molar-refractivity contribution is 6.31. The van der Waals surface area contributed by atoms with Crippen molar-refractivity contribution >= 4 is 17.5 Å². The van der Waals surface area contributed by atoms with Crippen molar-refractivity contribution in [3.63, 3.8) is 0 Å². The van der Waals surface area contributed by atoms with Crippen LogP contribution in [0.1, 0.15) is 22.8 Å². The molecule has 1 amide bonds. The predicted molar refractivity (Wildman–Crippen MR) is 65.4 cm³/mol. The number of ether oxygens (including phenoxy) is 1. The molecule has 0 aliphatic carbocycles. The van der Waals surface area contributed by atoms with Crippen LogP contribution in [0.4, 0.5) is 0 Å². The second-order valence-electron chi connectivity index (χ2n) is 3.62. The number of carbonyl (C=O) groups excluding carboxylic acids is 1. The number of amides is 1. The highest BCUT2D eigenvalue weighted by Gasteiger charge is 2.17. The van der Waals surface area contributed by atoms with Crippen molar-refractivity contribution < 1.29 is 9.53 Å². The third-order valence-electron chi connectivity index (χ3n) is 2.53. The maximum atomic E-state index is 12.0. The second-order valence-corrected chi connectivity index (χ2v) is 4.03. The number of aryl methyl sites for hydroxylation is 1. The number of halogens is 1. The number of rotatable bonds is 3. The molecule has 0 atom stereocenters. The molecule has 0 bridgehead atoms. The van der Waals surface area contributed by atoms with E-state index in [1.807, 2.05) is 13.8 Å². The molecule has 88 valence electrons. The van der Waals surface area contributed by atoms with E-state index < -0.39 is 0 Å². The van der Waals surface area contributed by atoms with Gasteiger partial charge >= 0.3 is 0 Å². The molecule has 0 N–H and O–H groups in total. The predicted octanol–water partition coefficient (Wildman–Crippen LogP) is 2.75. The van der Waals surface area contributed by atoms with E-state index in [1.165, 1.54) is 7.11 Å². The summed E-state index contributed by atoms with van der Waals surface area (Å²) < 4.78 is 5.17. The molecule has 1 aromatic carbocycles. The van der Waals surface area contributed by atoms with Crippen LogP contribution in [0.15, 0.2) is 12.1 Å². The van der Waals surface area contributed by atoms with E-state index in [1.54, 1.807) is 24.1 Å². The Bertz CT molecular complexity index is 404. The van der Waals surface area contributed by atoms with Crippen molar-refractivity contribution in [3.05, 3.63) is 28.3 Å². The minimum absolute atomic E-state index is 0.0564. The van der Waals surface area contributed by atoms with Crippen molar-refractivity contribution in [2.24, 2.45) is 0 Å². The quantitative estimate of drug-likeness (QED) is 0.815. The normalized spacial score (nSPS) is 10.1. The van der Waals surface area contributed by atoms with E-state index in [0.29, 0.717) is 22.9 Å². The van der Waals surface area contributed by atoms with E-state index in [4.69, 9.17) is 16.3 Å². The molecule has 0 fully saturated rings. The average molecular weight is 242 g/mol. The lowest BCUT2D eigenvalue weighted by Gasteiger charge is -2.17. The van der Waals surface area contributed by atoms with Gasteiger partial charge in [-0.25, -0.2) is 0 Å². The van der Waals surface area contributed by atoms with Gasteiger partial charge in [-0.15, -0.1) is 0 Å². The smallest absolute Gasteiger partial charge is 0.257 e. The van der Waals surface area contributed by atoms with Crippen molar-refractivity contribution in [1.29, 1.82) is 0 Å². The number of methoxy groups -OCH3 is 1. The summed E-state index contributed by atoms with van der Waals surface area (Å²) in [4.78, 5) is 13.7. The van der Waals surface area contributed by atoms with Crippen LogP contribution in [-0.2, 0) is 0 Å². The van der Waals surface area contributed by atoms with Gasteiger partial charge in [-0.2, -0.15) is 0 Å². The summed E-state index contributed by atoms with van der Waals surface area (Å²) in [7, 11) is 3.29. The van der Waals surface area contributed by atoms with Crippen molar-refractivity contribution in [2.75, 3.05) is 20.7 Å². The first-order valence-electron chi connectivity index (χ1n) is 5.10. The molecule has 1 rings (SSSR count). The minimum Gasteiger partial charge on any atom is -0.496 e. The number of hydrogen-bond acceptors (Lipinski definition) is 2. The molecular weight excluding hydrogens is 226 g/mol. The van der Waals surface area contributed by atoms with E-state index in [-0.39, 0.29) is 5.91 Å². The molecule has 0 aliphatic rings. The number of hydrogen-bond donors (Lipinski definition) is 0. The monoisotopic (exact) mass is 241 g/mol. The maximum Gasteiger partial charge on any atom is 0.257 e. The highest BCUT2D eigenvalue weighted by atomic mass is 35.5. The fourth-order valence-electron chi connectivity index (χ4n) is 1.35. The molecule has 0 aromatic heterocycles. The van der Waals surface area contributed by atoms with Crippen molar-refractivity contribution in [1.82, 2.24) is 4.90 Å². The lowest BCUT2D eigenvalue weighted by atomic mass is 10.1. The second kappa shape index (κ2) is 5.21. The topological polar surface area (TPSA) is 29.5 Å². The first kappa shape index (κ1) is 12.8. The molecule has 1 aromatic rings. The van der Waals surface area contributed by atoms with Crippen LogP contribution < -0.4 is 4.74 Å². The third-order valence-corrected chi connectivity index (χ3v) is 2.94. The fraction of sp³-hybridized carbons (Fsp3) is 0.417. The molecule has 4 heteroatoms. The molecule has 0 unspecified atom stereocenters. The van der Waals surface area contributed by atoms with Crippen molar-refractivity contribution in [2.45, 2.75) is 13.8 Å². The van der Waals surface area contributed by atoms with Crippen LogP contribution in [0, 0.1) is 6.92 Å². The van der Waals surface area contributed by atoms with Crippen LogP contribution in [-0.4, -0.2) is 31.5 Å². The molecule has 0 saturated carbocycles. The maximum absolute atomic E-state index is 12.0. The Morgan fingerprint density at radius 1 is 1.50 bits per heavy atom. The SMILES string of the molecule is CCN(C)C(=O)c1cc(C)c(Cl)cc1OC. The Hall–Kier alpha value is -1.22. The zero-order valence-corrected chi connectivity index (χ0v) is 10.8. The van der Waals surface area contributed by atoms with Gasteiger partial charge in [0, 0.05) is 18.6 Å². The van der Waals surface area contributed by atoms with Gasteiger partial charge in [-0.05, 0) is 31.5 Å². The summed E-state index contributed by atoms with van der Waals surface area (Å²) in [6.45, 7) is 4.45. The molecular formula is C12H16ClNO2. The standard InChI is InChI=1S/C12H16ClNO2/c1-5-14(3)12(15)9-6-8(2)10(13)7-11(9)16-4/h6-7H,5H2,1-4H3. The van der Waals surface area contributed by atoms with Crippen LogP contribution >= 0.6 is 11.6 Å². The van der Waals surface area contributed by atoms with Gasteiger partial charge in [0.1, 0.15) is 5.75 Å². The molecule has 0 heterocycles. The van der Waals surface area contributed by atoms with E-state index >= 15 is 0 Å². The number of benzene rings is 1. The first-order chi connectivity index (χ1) is 7.51. The van der Waals surface area contributed by atoms with E-state index in [2.05, 4.69) is 0 Å². The van der Waals surface area contributed by atoms with Gasteiger partial charge in [0.2, 0.25) is 0 Å². The van der Waals surface area contributed by atoms with Crippen LogP contribution in [0.3, 0.4) is 0 Å². The average Bonchev–Trinajstić information content (AvgIpc) is 2.30. The zero-order valence-electron chi connectivity index (χ0n) is 10.0. The Morgan fingerprint density at radius 2 is 2.12 bits per heavy atom. The van der Waals surface area contributed by atoms with Gasteiger partial charge in [0.25, 0.3) is 5.91 Å². The van der Waals surface area contributed by atoms with Gasteiger partial charge in [0.05, 0.1) is 12.7 Å². The van der Waals surface area contributed by atoms with E-state index in [9.17, 15) is 4.79 Å². The summed E-state index contributed by atoms with van der Waals surface area (Å²) >= 11 is 5.98. The summed E-state index contributed by atoms with van der Waals surface area (Å²) in [5.41, 5.74) is 1.42. The van der Waals surface area contributed by atoms with Gasteiger partial charge < -0.3 is 9.64 Å². The summed E-state index contributed by atoms with van der Waals surface area (Å²) in [5, 5.41) is 0.604. The van der Waals surface area contributed by atoms with Crippen LogP contribution in [0.2, 0.25) is 5.02 Å². The van der Waals surface area contributed by atoms with Gasteiger partial charge in [-0.3, -0.25) is 4.79 Å². The third kappa shape index (κ3) is 2.47. The van der Waals surface area contributed by atoms with E-state index in [0.717, 1.165) is 5.56 Å². The lowest BCUT2D eigenvalue weighted by molar-refractivity contribution is 0.0799. The summed E-state index contributed by atoms with van der Waals surface area (Å²) in [6, 6.07) is 3.43. The molecule has 16 heavy (non-hydrogen) atoms. The number of carbonyl (C=O) groups is 1. The lowest BCUT2D eigenvalue weighted by Crippen LogP contribution is -2.26. The Kier molecular flexibility index (Phi) is 4.19. The first-order valence-corrected chi connectivity index (χ1v) is 5.48. The van der Waals surface area contributed by atoms with Gasteiger partial charge in [-0.1, -0.05) is 11.6 Å². The molecule has 0 saturated heterocycles. The number of nitrogens with zero attached hydrogens (tertiary/aromatic N) is 1. The molecule has 0 spiro atoms. The molecule has 3 nitrogen and oxygen atoms in total. The van der Waals surface area contributed by atoms with Crippen molar-refractivity contribution in [3.8, 4) is 5.75 Å². The van der Waals surface area contributed by atoms with Crippen LogP contribution in [0.5, 0.6) is 5.75 Å². The molecule has 0 radical (unpaired) electrons. The van der Waals surface area contributed by atoms with Gasteiger partial charge in [0.15, 0.2) is 0 Å². The Labute approximate surface area is 101 Å². The minimum atomic E-state index is -0.0564. The zero-order chi connectivity index (χ0) is 12.3. The highest BCUT2D eigenvalue weighted by Crippen LogP contribution is 2.27. The summed E-state index contributed by atoms with van der Waals surface area (Å²) in [6.07, 6.45) is 0.